The molecule has 0 saturated heterocycles. The first-order valence-electron chi connectivity index (χ1n) is 8.15. The van der Waals surface area contributed by atoms with Gasteiger partial charge in [0.05, 0.1) is 6.04 Å². The van der Waals surface area contributed by atoms with Crippen LogP contribution in [-0.2, 0) is 5.41 Å². The molecular weight excluding hydrogens is 346 g/mol. The summed E-state index contributed by atoms with van der Waals surface area (Å²) >= 11 is 5.92. The molecule has 1 aliphatic carbocycles. The highest BCUT2D eigenvalue weighted by Crippen LogP contribution is 2.47. The lowest BCUT2D eigenvalue weighted by atomic mass is 9.96. The van der Waals surface area contributed by atoms with Gasteiger partial charge in [-0.25, -0.2) is 13.6 Å². The fourth-order valence-electron chi connectivity index (χ4n) is 2.88. The van der Waals surface area contributed by atoms with E-state index in [9.17, 15) is 13.6 Å². The van der Waals surface area contributed by atoms with E-state index in [1.165, 1.54) is 6.07 Å². The van der Waals surface area contributed by atoms with E-state index in [0.29, 0.717) is 17.1 Å². The van der Waals surface area contributed by atoms with Gasteiger partial charge in [-0.1, -0.05) is 29.8 Å². The van der Waals surface area contributed by atoms with E-state index in [2.05, 4.69) is 10.6 Å². The molecule has 0 radical (unpaired) electrons. The van der Waals surface area contributed by atoms with Gasteiger partial charge in [0.2, 0.25) is 0 Å². The van der Waals surface area contributed by atoms with E-state index in [4.69, 9.17) is 11.6 Å². The third-order valence-corrected chi connectivity index (χ3v) is 4.94. The maximum Gasteiger partial charge on any atom is 0.315 e. The normalized spacial score (nSPS) is 16.2. The van der Waals surface area contributed by atoms with Crippen molar-refractivity contribution >= 4 is 17.6 Å². The highest BCUT2D eigenvalue weighted by atomic mass is 35.5. The molecule has 25 heavy (non-hydrogen) atoms. The molecular formula is C19H19ClF2N2O. The monoisotopic (exact) mass is 364 g/mol. The van der Waals surface area contributed by atoms with Crippen LogP contribution < -0.4 is 10.6 Å². The lowest BCUT2D eigenvalue weighted by Crippen LogP contribution is -2.40. The number of halogens is 3. The summed E-state index contributed by atoms with van der Waals surface area (Å²) in [6.45, 7) is 2.24. The molecule has 1 atom stereocenters. The number of nitrogens with one attached hydrogen (secondary N) is 2. The van der Waals surface area contributed by atoms with Gasteiger partial charge >= 0.3 is 6.03 Å². The van der Waals surface area contributed by atoms with Crippen molar-refractivity contribution < 1.29 is 13.6 Å². The van der Waals surface area contributed by atoms with Crippen LogP contribution in [0.15, 0.2) is 42.5 Å². The quantitative estimate of drug-likeness (QED) is 0.792. The molecule has 2 aromatic rings. The first kappa shape index (κ1) is 17.7. The summed E-state index contributed by atoms with van der Waals surface area (Å²) in [5.74, 6) is -1.83. The van der Waals surface area contributed by atoms with Gasteiger partial charge in [0.15, 0.2) is 11.6 Å². The molecule has 3 rings (SSSR count). The summed E-state index contributed by atoms with van der Waals surface area (Å²) in [5.41, 5.74) is 1.63. The lowest BCUT2D eigenvalue weighted by molar-refractivity contribution is 0.237. The van der Waals surface area contributed by atoms with Crippen LogP contribution in [0.5, 0.6) is 0 Å². The largest absolute Gasteiger partial charge is 0.337 e. The predicted octanol–water partition coefficient (Wildman–Crippen LogP) is 4.71. The van der Waals surface area contributed by atoms with Gasteiger partial charge in [-0.2, -0.15) is 0 Å². The van der Waals surface area contributed by atoms with Crippen LogP contribution >= 0.6 is 11.6 Å². The summed E-state index contributed by atoms with van der Waals surface area (Å²) in [4.78, 5) is 12.1. The van der Waals surface area contributed by atoms with Gasteiger partial charge in [0.25, 0.3) is 0 Å². The van der Waals surface area contributed by atoms with Crippen molar-refractivity contribution in [1.29, 1.82) is 0 Å². The van der Waals surface area contributed by atoms with Crippen LogP contribution in [-0.4, -0.2) is 12.6 Å². The second-order valence-corrected chi connectivity index (χ2v) is 6.95. The number of hydrogen-bond donors (Lipinski definition) is 2. The molecule has 3 nitrogen and oxygen atoms in total. The Morgan fingerprint density at radius 3 is 2.44 bits per heavy atom. The zero-order valence-electron chi connectivity index (χ0n) is 13.8. The first-order chi connectivity index (χ1) is 11.9. The number of amides is 2. The zero-order valence-corrected chi connectivity index (χ0v) is 14.5. The van der Waals surface area contributed by atoms with Crippen LogP contribution in [0.1, 0.15) is 36.9 Å². The Labute approximate surface area is 150 Å². The Morgan fingerprint density at radius 2 is 1.84 bits per heavy atom. The van der Waals surface area contributed by atoms with Gasteiger partial charge in [0, 0.05) is 17.0 Å². The van der Waals surface area contributed by atoms with Crippen LogP contribution in [0.25, 0.3) is 0 Å². The number of carbonyl (C=O) groups excluding carboxylic acids is 1. The molecule has 0 aromatic heterocycles. The fraction of sp³-hybridized carbons (Fsp3) is 0.316. The number of benzene rings is 2. The Hall–Kier alpha value is -2.14. The average molecular weight is 365 g/mol. The Morgan fingerprint density at radius 1 is 1.16 bits per heavy atom. The van der Waals surface area contributed by atoms with E-state index >= 15 is 0 Å². The highest BCUT2D eigenvalue weighted by Gasteiger charge is 2.44. The van der Waals surface area contributed by atoms with Gasteiger partial charge < -0.3 is 10.6 Å². The predicted molar refractivity (Wildman–Crippen MR) is 93.7 cm³/mol. The molecule has 6 heteroatoms. The molecule has 2 aromatic carbocycles. The third kappa shape index (κ3) is 4.10. The smallest absolute Gasteiger partial charge is 0.315 e. The molecule has 0 aliphatic heterocycles. The van der Waals surface area contributed by atoms with Crippen LogP contribution in [0.3, 0.4) is 0 Å². The van der Waals surface area contributed by atoms with E-state index in [1.807, 2.05) is 24.3 Å². The van der Waals surface area contributed by atoms with Crippen molar-refractivity contribution in [2.24, 2.45) is 0 Å². The van der Waals surface area contributed by atoms with E-state index < -0.39 is 17.7 Å². The molecule has 2 N–H and O–H groups in total. The Balaban J connectivity index is 1.56. The number of hydrogen-bond acceptors (Lipinski definition) is 1. The number of urea groups is 1. The van der Waals surface area contributed by atoms with Gasteiger partial charge in [0.1, 0.15) is 0 Å². The van der Waals surface area contributed by atoms with Gasteiger partial charge in [-0.3, -0.25) is 0 Å². The van der Waals surface area contributed by atoms with Crippen molar-refractivity contribution in [3.8, 4) is 0 Å². The van der Waals surface area contributed by atoms with Crippen LogP contribution in [0.4, 0.5) is 13.6 Å². The molecule has 1 unspecified atom stereocenters. The fourth-order valence-corrected chi connectivity index (χ4v) is 3.01. The summed E-state index contributed by atoms with van der Waals surface area (Å²) < 4.78 is 26.3. The SMILES string of the molecule is CC(NC(=O)NCC1(c2ccc(Cl)cc2)CC1)c1ccc(F)c(F)c1. The first-order valence-corrected chi connectivity index (χ1v) is 8.53. The topological polar surface area (TPSA) is 41.1 Å². The standard InChI is InChI=1S/C19H19ClF2N2O/c1-12(13-2-7-16(21)17(22)10-13)24-18(25)23-11-19(8-9-19)14-3-5-15(20)6-4-14/h2-7,10,12H,8-9,11H2,1H3,(H2,23,24,25). The second kappa shape index (κ2) is 7.00. The minimum Gasteiger partial charge on any atom is -0.337 e. The van der Waals surface area contributed by atoms with Crippen molar-refractivity contribution in [2.75, 3.05) is 6.54 Å². The molecule has 1 saturated carbocycles. The maximum atomic E-state index is 13.3. The summed E-state index contributed by atoms with van der Waals surface area (Å²) in [5, 5.41) is 6.30. The van der Waals surface area contributed by atoms with Crippen LogP contribution in [0, 0.1) is 11.6 Å². The van der Waals surface area contributed by atoms with Crippen molar-refractivity contribution in [3.63, 3.8) is 0 Å². The summed E-state index contributed by atoms with van der Waals surface area (Å²) in [7, 11) is 0. The zero-order chi connectivity index (χ0) is 18.0. The Bertz CT molecular complexity index is 775. The van der Waals surface area contributed by atoms with E-state index in [0.717, 1.165) is 30.5 Å². The van der Waals surface area contributed by atoms with Crippen LogP contribution in [0.2, 0.25) is 5.02 Å². The number of rotatable bonds is 5. The molecule has 0 spiro atoms. The van der Waals surface area contributed by atoms with Crippen molar-refractivity contribution in [1.82, 2.24) is 10.6 Å². The minimum absolute atomic E-state index is 0.0346. The van der Waals surface area contributed by atoms with E-state index in [-0.39, 0.29) is 11.4 Å². The van der Waals surface area contributed by atoms with E-state index in [1.54, 1.807) is 6.92 Å². The molecule has 1 fully saturated rings. The highest BCUT2D eigenvalue weighted by molar-refractivity contribution is 6.30. The maximum absolute atomic E-state index is 13.3. The lowest BCUT2D eigenvalue weighted by Gasteiger charge is -2.19. The van der Waals surface area contributed by atoms with Gasteiger partial charge in [-0.15, -0.1) is 0 Å². The molecule has 0 bridgehead atoms. The number of carbonyl (C=O) groups is 1. The van der Waals surface area contributed by atoms with Gasteiger partial charge in [-0.05, 0) is 55.2 Å². The van der Waals surface area contributed by atoms with Crippen molar-refractivity contribution in [2.45, 2.75) is 31.2 Å². The molecule has 2 amide bonds. The summed E-state index contributed by atoms with van der Waals surface area (Å²) in [6.07, 6.45) is 2.02. The molecule has 132 valence electrons. The average Bonchev–Trinajstić information content (AvgIpc) is 3.37. The third-order valence-electron chi connectivity index (χ3n) is 4.69. The van der Waals surface area contributed by atoms with Crippen molar-refractivity contribution in [3.05, 3.63) is 70.2 Å². The molecule has 0 heterocycles. The second-order valence-electron chi connectivity index (χ2n) is 6.51. The summed E-state index contributed by atoms with van der Waals surface area (Å²) in [6, 6.07) is 10.5. The minimum atomic E-state index is -0.925. The molecule has 1 aliphatic rings. The Kier molecular flexibility index (Phi) is 4.95.